The number of carbonyl (C=O) groups excluding carboxylic acids is 3. The van der Waals surface area contributed by atoms with Gasteiger partial charge in [0, 0.05) is 19.2 Å². The Bertz CT molecular complexity index is 1480. The van der Waals surface area contributed by atoms with E-state index in [-0.39, 0.29) is 37.2 Å². The Kier molecular flexibility index (Phi) is 7.78. The fourth-order valence-corrected chi connectivity index (χ4v) is 5.32. The maximum Gasteiger partial charge on any atom is 0.416 e. The summed E-state index contributed by atoms with van der Waals surface area (Å²) in [7, 11) is 0. The van der Waals surface area contributed by atoms with E-state index in [1.165, 1.54) is 28.0 Å². The molecule has 3 aromatic rings. The van der Waals surface area contributed by atoms with Gasteiger partial charge in [-0.05, 0) is 36.2 Å². The zero-order chi connectivity index (χ0) is 29.1. The topological polar surface area (TPSA) is 94.6 Å². The Morgan fingerprint density at radius 2 is 1.76 bits per heavy atom. The fourth-order valence-electron chi connectivity index (χ4n) is 5.32. The molecule has 0 saturated carbocycles. The van der Waals surface area contributed by atoms with Gasteiger partial charge in [0.05, 0.1) is 41.7 Å². The zero-order valence-electron chi connectivity index (χ0n) is 22.2. The number of halogens is 3. The summed E-state index contributed by atoms with van der Waals surface area (Å²) in [6.45, 7) is 1.93. The van der Waals surface area contributed by atoms with Crippen LogP contribution < -0.4 is 10.6 Å². The highest BCUT2D eigenvalue weighted by Crippen LogP contribution is 2.42. The Labute approximate surface area is 234 Å². The molecule has 4 amide bonds. The van der Waals surface area contributed by atoms with Crippen LogP contribution in [0.5, 0.6) is 0 Å². The molecular formula is C30H28F3N5O3. The number of urea groups is 1. The molecule has 3 heterocycles. The fraction of sp³-hybridized carbons (Fsp3) is 0.267. The molecule has 2 aliphatic heterocycles. The summed E-state index contributed by atoms with van der Waals surface area (Å²) in [5, 5.41) is 5.45. The number of nitrogens with one attached hydrogen (secondary N) is 2. The maximum absolute atomic E-state index is 14.1. The second-order valence-electron chi connectivity index (χ2n) is 9.75. The molecular weight excluding hydrogens is 535 g/mol. The molecule has 212 valence electrons. The SMILES string of the molecule is CCN1C(=O)NC(c2ccccc2C(F)(F)F)C2=C1CN(C(Cc1ccccc1)C(=O)NCc1ccccn1)C2=O. The minimum atomic E-state index is -4.70. The lowest BCUT2D eigenvalue weighted by Gasteiger charge is -2.33. The van der Waals surface area contributed by atoms with Gasteiger partial charge in [-0.2, -0.15) is 13.2 Å². The molecule has 1 aromatic heterocycles. The lowest BCUT2D eigenvalue weighted by atomic mass is 9.91. The maximum atomic E-state index is 14.1. The average molecular weight is 564 g/mol. The monoisotopic (exact) mass is 563 g/mol. The highest BCUT2D eigenvalue weighted by Gasteiger charge is 2.48. The number of nitrogens with zero attached hydrogens (tertiary/aromatic N) is 3. The van der Waals surface area contributed by atoms with Crippen molar-refractivity contribution in [2.75, 3.05) is 13.1 Å². The number of alkyl halides is 3. The Morgan fingerprint density at radius 1 is 1.05 bits per heavy atom. The van der Waals surface area contributed by atoms with Crippen molar-refractivity contribution in [1.82, 2.24) is 25.4 Å². The molecule has 5 rings (SSSR count). The molecule has 2 aromatic carbocycles. The molecule has 0 spiro atoms. The summed E-state index contributed by atoms with van der Waals surface area (Å²) in [5.41, 5.74) is 0.565. The van der Waals surface area contributed by atoms with Crippen LogP contribution in [0.1, 0.15) is 35.3 Å². The van der Waals surface area contributed by atoms with Crippen molar-refractivity contribution in [2.45, 2.75) is 38.1 Å². The summed E-state index contributed by atoms with van der Waals surface area (Å²) < 4.78 is 41.9. The minimum absolute atomic E-state index is 0.0266. The van der Waals surface area contributed by atoms with E-state index in [0.717, 1.165) is 11.6 Å². The van der Waals surface area contributed by atoms with Crippen LogP contribution in [0.3, 0.4) is 0 Å². The highest BCUT2D eigenvalue weighted by molar-refractivity contribution is 6.03. The second kappa shape index (κ2) is 11.4. The number of pyridine rings is 1. The second-order valence-corrected chi connectivity index (χ2v) is 9.75. The van der Waals surface area contributed by atoms with E-state index in [2.05, 4.69) is 15.6 Å². The van der Waals surface area contributed by atoms with Gasteiger partial charge in [0.25, 0.3) is 5.91 Å². The first-order valence-corrected chi connectivity index (χ1v) is 13.2. The van der Waals surface area contributed by atoms with Crippen LogP contribution in [0.2, 0.25) is 0 Å². The van der Waals surface area contributed by atoms with Gasteiger partial charge in [0.15, 0.2) is 0 Å². The third kappa shape index (κ3) is 5.65. The van der Waals surface area contributed by atoms with Gasteiger partial charge >= 0.3 is 12.2 Å². The quantitative estimate of drug-likeness (QED) is 0.430. The summed E-state index contributed by atoms with van der Waals surface area (Å²) >= 11 is 0. The third-order valence-electron chi connectivity index (χ3n) is 7.26. The number of hydrogen-bond donors (Lipinski definition) is 2. The molecule has 2 N–H and O–H groups in total. The van der Waals surface area contributed by atoms with E-state index >= 15 is 0 Å². The van der Waals surface area contributed by atoms with E-state index in [1.54, 1.807) is 31.3 Å². The molecule has 2 atom stereocenters. The predicted molar refractivity (Wildman–Crippen MR) is 144 cm³/mol. The summed E-state index contributed by atoms with van der Waals surface area (Å²) in [5.74, 6) is -1.04. The Balaban J connectivity index is 1.52. The summed E-state index contributed by atoms with van der Waals surface area (Å²) in [4.78, 5) is 47.7. The molecule has 0 bridgehead atoms. The first-order valence-electron chi connectivity index (χ1n) is 13.2. The third-order valence-corrected chi connectivity index (χ3v) is 7.26. The molecule has 0 fully saturated rings. The largest absolute Gasteiger partial charge is 0.416 e. The summed E-state index contributed by atoms with van der Waals surface area (Å²) in [6.07, 6.45) is -2.93. The van der Waals surface area contributed by atoms with Crippen LogP contribution in [-0.4, -0.2) is 51.8 Å². The van der Waals surface area contributed by atoms with E-state index in [1.807, 2.05) is 30.3 Å². The van der Waals surface area contributed by atoms with Crippen LogP contribution >= 0.6 is 0 Å². The van der Waals surface area contributed by atoms with Gasteiger partial charge in [-0.25, -0.2) is 4.79 Å². The van der Waals surface area contributed by atoms with Crippen molar-refractivity contribution in [3.63, 3.8) is 0 Å². The molecule has 2 unspecified atom stereocenters. The van der Waals surface area contributed by atoms with E-state index < -0.39 is 41.7 Å². The smallest absolute Gasteiger partial charge is 0.349 e. The molecule has 41 heavy (non-hydrogen) atoms. The normalized spacial score (nSPS) is 17.8. The van der Waals surface area contributed by atoms with Crippen LogP contribution in [0.15, 0.2) is 90.3 Å². The van der Waals surface area contributed by atoms with E-state index in [4.69, 9.17) is 0 Å². The number of benzene rings is 2. The molecule has 0 saturated heterocycles. The lowest BCUT2D eigenvalue weighted by molar-refractivity contribution is -0.138. The van der Waals surface area contributed by atoms with Crippen molar-refractivity contribution in [3.05, 3.63) is 113 Å². The Hall–Kier alpha value is -4.67. The van der Waals surface area contributed by atoms with Crippen molar-refractivity contribution in [3.8, 4) is 0 Å². The lowest BCUT2D eigenvalue weighted by Crippen LogP contribution is -2.49. The molecule has 0 aliphatic carbocycles. The molecule has 8 nitrogen and oxygen atoms in total. The Morgan fingerprint density at radius 3 is 2.44 bits per heavy atom. The molecule has 11 heteroatoms. The molecule has 2 aliphatic rings. The average Bonchev–Trinajstić information content (AvgIpc) is 3.31. The van der Waals surface area contributed by atoms with E-state index in [9.17, 15) is 27.6 Å². The molecule has 0 radical (unpaired) electrons. The minimum Gasteiger partial charge on any atom is -0.349 e. The van der Waals surface area contributed by atoms with Crippen molar-refractivity contribution in [1.29, 1.82) is 0 Å². The first-order chi connectivity index (χ1) is 19.7. The standard InChI is InChI=1S/C30H28F3N5O3/c1-2-37-24-18-38(23(16-19-10-4-3-5-11-19)27(39)35-17-20-12-8-9-15-34-20)28(40)25(24)26(36-29(37)41)21-13-6-7-14-22(21)30(31,32)33/h3-15,23,26H,2,16-18H2,1H3,(H,35,39)(H,36,41). The number of hydrogen-bond acceptors (Lipinski definition) is 4. The van der Waals surface area contributed by atoms with Crippen LogP contribution in [-0.2, 0) is 28.7 Å². The number of aromatic nitrogens is 1. The number of carbonyl (C=O) groups is 3. The van der Waals surface area contributed by atoms with Crippen molar-refractivity contribution in [2.24, 2.45) is 0 Å². The number of likely N-dealkylation sites (N-methyl/N-ethyl adjacent to an activating group) is 1. The zero-order valence-corrected chi connectivity index (χ0v) is 22.2. The van der Waals surface area contributed by atoms with Gasteiger partial charge < -0.3 is 15.5 Å². The van der Waals surface area contributed by atoms with Gasteiger partial charge in [-0.3, -0.25) is 19.5 Å². The van der Waals surface area contributed by atoms with Crippen LogP contribution in [0.4, 0.5) is 18.0 Å². The van der Waals surface area contributed by atoms with Crippen molar-refractivity contribution < 1.29 is 27.6 Å². The van der Waals surface area contributed by atoms with Gasteiger partial charge in [-0.1, -0.05) is 54.6 Å². The van der Waals surface area contributed by atoms with Crippen LogP contribution in [0.25, 0.3) is 0 Å². The van der Waals surface area contributed by atoms with Crippen molar-refractivity contribution >= 4 is 17.8 Å². The van der Waals surface area contributed by atoms with Gasteiger partial charge in [-0.15, -0.1) is 0 Å². The van der Waals surface area contributed by atoms with Crippen LogP contribution in [0, 0.1) is 0 Å². The predicted octanol–water partition coefficient (Wildman–Crippen LogP) is 4.21. The van der Waals surface area contributed by atoms with E-state index in [0.29, 0.717) is 11.4 Å². The van der Waals surface area contributed by atoms with Gasteiger partial charge in [0.2, 0.25) is 5.91 Å². The number of amides is 4. The first kappa shape index (κ1) is 27.9. The van der Waals surface area contributed by atoms with Gasteiger partial charge in [0.1, 0.15) is 6.04 Å². The highest BCUT2D eigenvalue weighted by atomic mass is 19.4. The summed E-state index contributed by atoms with van der Waals surface area (Å²) in [6, 6.07) is 16.4. The number of rotatable bonds is 8.